The van der Waals surface area contributed by atoms with Crippen molar-refractivity contribution in [2.45, 2.75) is 0 Å². The Kier molecular flexibility index (Phi) is 3.83. The van der Waals surface area contributed by atoms with Gasteiger partial charge in [0.1, 0.15) is 22.3 Å². The molecule has 0 bridgehead atoms. The first kappa shape index (κ1) is 21.9. The first-order chi connectivity index (χ1) is 21.3. The molecule has 0 aliphatic heterocycles. The van der Waals surface area contributed by atoms with Crippen LogP contribution in [0.5, 0.6) is 0 Å². The van der Waals surface area contributed by atoms with Crippen molar-refractivity contribution in [3.63, 3.8) is 0 Å². The molecular weight excluding hydrogens is 526 g/mol. The highest BCUT2D eigenvalue weighted by molar-refractivity contribution is 6.31. The molecule has 0 aliphatic carbocycles. The fraction of sp³-hybridized carbons (Fsp3) is 0. The van der Waals surface area contributed by atoms with Crippen LogP contribution in [0.1, 0.15) is 0 Å². The predicted molar refractivity (Wildman–Crippen MR) is 179 cm³/mol. The van der Waals surface area contributed by atoms with Crippen LogP contribution in [0.15, 0.2) is 136 Å². The van der Waals surface area contributed by atoms with Gasteiger partial charge in [0.25, 0.3) is 0 Å². The summed E-state index contributed by atoms with van der Waals surface area (Å²) in [5.41, 5.74) is 9.82. The van der Waals surface area contributed by atoms with Gasteiger partial charge in [-0.05, 0) is 65.0 Å². The number of para-hydroxylation sites is 3. The maximum Gasteiger partial charge on any atom is 0.143 e. The Hall–Kier alpha value is -5.80. The Bertz CT molecular complexity index is 2950. The molecule has 0 saturated heterocycles. The first-order valence-electron chi connectivity index (χ1n) is 14.7. The fourth-order valence-electron chi connectivity index (χ4n) is 7.65. The average Bonchev–Trinajstić information content (AvgIpc) is 3.80. The summed E-state index contributed by atoms with van der Waals surface area (Å²) in [7, 11) is 0. The number of nitrogens with zero attached hydrogens (tertiary/aromatic N) is 1. The van der Waals surface area contributed by atoms with Crippen LogP contribution in [0.25, 0.3) is 104 Å². The lowest BCUT2D eigenvalue weighted by molar-refractivity contribution is 0.669. The van der Waals surface area contributed by atoms with Crippen LogP contribution in [0.3, 0.4) is 0 Å². The minimum absolute atomic E-state index is 0.919. The summed E-state index contributed by atoms with van der Waals surface area (Å²) in [6, 6.07) is 45.7. The number of fused-ring (bicyclic) bond motifs is 15. The van der Waals surface area contributed by atoms with Gasteiger partial charge in [-0.3, -0.25) is 0 Å². The molecule has 0 fully saturated rings. The van der Waals surface area contributed by atoms with Crippen molar-refractivity contribution in [3.8, 4) is 11.1 Å². The van der Waals surface area contributed by atoms with Crippen molar-refractivity contribution in [2.75, 3.05) is 0 Å². The largest absolute Gasteiger partial charge is 0.456 e. The molecule has 0 spiro atoms. The van der Waals surface area contributed by atoms with E-state index in [0.717, 1.165) is 49.3 Å². The monoisotopic (exact) mass is 547 g/mol. The van der Waals surface area contributed by atoms with Crippen molar-refractivity contribution in [3.05, 3.63) is 127 Å². The second kappa shape index (κ2) is 7.53. The van der Waals surface area contributed by atoms with E-state index in [9.17, 15) is 0 Å². The molecule has 0 aliphatic rings. The SMILES string of the molecule is c1ccc2c(c1)oc1ccc(-c3ccc4c5cccc6c7c8ccc9c%10ccccc%10oc9c8ccc7n(c4c3)c56)cc12. The molecule has 7 aromatic carbocycles. The number of rotatable bonds is 1. The number of benzene rings is 7. The van der Waals surface area contributed by atoms with Gasteiger partial charge in [-0.2, -0.15) is 0 Å². The van der Waals surface area contributed by atoms with E-state index in [1.807, 2.05) is 18.2 Å². The third-order valence-electron chi connectivity index (χ3n) is 9.53. The number of aromatic nitrogens is 1. The molecule has 3 nitrogen and oxygen atoms in total. The zero-order chi connectivity index (χ0) is 27.8. The summed E-state index contributed by atoms with van der Waals surface area (Å²) in [5, 5.41) is 12.1. The average molecular weight is 548 g/mol. The molecule has 0 N–H and O–H groups in total. The van der Waals surface area contributed by atoms with Crippen molar-refractivity contribution in [2.24, 2.45) is 0 Å². The molecule has 11 aromatic rings. The topological polar surface area (TPSA) is 30.7 Å². The maximum absolute atomic E-state index is 6.43. The third-order valence-corrected chi connectivity index (χ3v) is 9.53. The molecule has 4 aromatic heterocycles. The summed E-state index contributed by atoms with van der Waals surface area (Å²) in [4.78, 5) is 0. The fourth-order valence-corrected chi connectivity index (χ4v) is 7.65. The van der Waals surface area contributed by atoms with Gasteiger partial charge < -0.3 is 13.2 Å². The second-order valence-electron chi connectivity index (χ2n) is 11.7. The Morgan fingerprint density at radius 3 is 1.91 bits per heavy atom. The Balaban J connectivity index is 1.22. The van der Waals surface area contributed by atoms with Crippen molar-refractivity contribution in [1.29, 1.82) is 0 Å². The Labute approximate surface area is 244 Å². The highest BCUT2D eigenvalue weighted by Crippen LogP contribution is 2.44. The van der Waals surface area contributed by atoms with Gasteiger partial charge in [0.2, 0.25) is 0 Å². The lowest BCUT2D eigenvalue weighted by Gasteiger charge is -2.06. The highest BCUT2D eigenvalue weighted by Gasteiger charge is 2.21. The number of furan rings is 2. The van der Waals surface area contributed by atoms with Crippen molar-refractivity contribution in [1.82, 2.24) is 4.40 Å². The van der Waals surface area contributed by atoms with Crippen LogP contribution < -0.4 is 0 Å². The van der Waals surface area contributed by atoms with E-state index in [0.29, 0.717) is 0 Å². The van der Waals surface area contributed by atoms with E-state index in [1.54, 1.807) is 0 Å². The van der Waals surface area contributed by atoms with E-state index >= 15 is 0 Å². The van der Waals surface area contributed by atoms with Gasteiger partial charge >= 0.3 is 0 Å². The molecule has 4 heterocycles. The molecular formula is C40H21NO2. The maximum atomic E-state index is 6.43. The molecule has 0 atom stereocenters. The zero-order valence-corrected chi connectivity index (χ0v) is 22.9. The number of hydrogen-bond donors (Lipinski definition) is 0. The van der Waals surface area contributed by atoms with Crippen LogP contribution in [-0.2, 0) is 0 Å². The predicted octanol–water partition coefficient (Wildman–Crippen LogP) is 11.5. The standard InChI is InChI=1S/C40H21NO2/c1-4-11-36-25(6-1)29-16-15-27-30(40(29)43-36)17-18-33-38(27)31-9-5-8-28-24-14-12-23(21-34(24)41(33)39(28)31)22-13-19-37-32(20-22)26-7-2-3-10-35(26)42-37/h1-21H. The Morgan fingerprint density at radius 1 is 0.372 bits per heavy atom. The van der Waals surface area contributed by atoms with Crippen LogP contribution in [-0.4, -0.2) is 4.40 Å². The molecule has 3 heteroatoms. The molecule has 0 radical (unpaired) electrons. The van der Waals surface area contributed by atoms with E-state index in [2.05, 4.69) is 114 Å². The van der Waals surface area contributed by atoms with Gasteiger partial charge in [0.15, 0.2) is 0 Å². The zero-order valence-electron chi connectivity index (χ0n) is 22.9. The summed E-state index contributed by atoms with van der Waals surface area (Å²) in [5.74, 6) is 0. The summed E-state index contributed by atoms with van der Waals surface area (Å²) in [6.07, 6.45) is 0. The quantitative estimate of drug-likeness (QED) is 0.205. The van der Waals surface area contributed by atoms with E-state index in [-0.39, 0.29) is 0 Å². The summed E-state index contributed by atoms with van der Waals surface area (Å²) >= 11 is 0. The summed E-state index contributed by atoms with van der Waals surface area (Å²) < 4.78 is 15.0. The van der Waals surface area contributed by atoms with Crippen LogP contribution in [0, 0.1) is 0 Å². The van der Waals surface area contributed by atoms with Gasteiger partial charge in [-0.25, -0.2) is 0 Å². The lowest BCUT2D eigenvalue weighted by Crippen LogP contribution is -1.84. The molecule has 43 heavy (non-hydrogen) atoms. The molecule has 11 rings (SSSR count). The van der Waals surface area contributed by atoms with E-state index < -0.39 is 0 Å². The molecule has 0 saturated carbocycles. The second-order valence-corrected chi connectivity index (χ2v) is 11.7. The highest BCUT2D eigenvalue weighted by atomic mass is 16.3. The molecule has 0 unspecified atom stereocenters. The smallest absolute Gasteiger partial charge is 0.143 e. The van der Waals surface area contributed by atoms with E-state index in [1.165, 1.54) is 54.6 Å². The minimum atomic E-state index is 0.919. The molecule has 0 amide bonds. The van der Waals surface area contributed by atoms with Gasteiger partial charge in [0, 0.05) is 48.5 Å². The first-order valence-corrected chi connectivity index (χ1v) is 14.7. The van der Waals surface area contributed by atoms with Gasteiger partial charge in [-0.1, -0.05) is 78.9 Å². The number of hydrogen-bond acceptors (Lipinski definition) is 2. The van der Waals surface area contributed by atoms with Crippen molar-refractivity contribution < 1.29 is 8.83 Å². The lowest BCUT2D eigenvalue weighted by atomic mass is 9.99. The third kappa shape index (κ3) is 2.66. The molecule has 198 valence electrons. The van der Waals surface area contributed by atoms with Crippen molar-refractivity contribution >= 4 is 92.7 Å². The van der Waals surface area contributed by atoms with Crippen LogP contribution >= 0.6 is 0 Å². The van der Waals surface area contributed by atoms with E-state index in [4.69, 9.17) is 8.83 Å². The van der Waals surface area contributed by atoms with Crippen LogP contribution in [0.2, 0.25) is 0 Å². The van der Waals surface area contributed by atoms with Gasteiger partial charge in [-0.15, -0.1) is 0 Å². The normalized spacial score (nSPS) is 12.7. The van der Waals surface area contributed by atoms with Crippen LogP contribution in [0.4, 0.5) is 0 Å². The van der Waals surface area contributed by atoms with Gasteiger partial charge in [0.05, 0.1) is 16.6 Å². The minimum Gasteiger partial charge on any atom is -0.456 e. The summed E-state index contributed by atoms with van der Waals surface area (Å²) in [6.45, 7) is 0. The Morgan fingerprint density at radius 2 is 1.00 bits per heavy atom.